The van der Waals surface area contributed by atoms with Gasteiger partial charge in [0, 0.05) is 19.6 Å². The number of rotatable bonds is 10. The van der Waals surface area contributed by atoms with Crippen LogP contribution in [0, 0.1) is 5.92 Å². The van der Waals surface area contributed by atoms with E-state index in [1.807, 2.05) is 6.92 Å². The van der Waals surface area contributed by atoms with Gasteiger partial charge >= 0.3 is 0 Å². The Morgan fingerprint density at radius 3 is 2.41 bits per heavy atom. The van der Waals surface area contributed by atoms with Gasteiger partial charge in [0.05, 0.1) is 12.7 Å². The van der Waals surface area contributed by atoms with Crippen molar-refractivity contribution in [1.29, 1.82) is 0 Å². The van der Waals surface area contributed by atoms with Crippen molar-refractivity contribution in [3.63, 3.8) is 0 Å². The zero-order valence-electron chi connectivity index (χ0n) is 11.4. The van der Waals surface area contributed by atoms with E-state index in [2.05, 4.69) is 19.2 Å². The van der Waals surface area contributed by atoms with E-state index in [0.717, 1.165) is 19.3 Å². The molecule has 0 aliphatic carbocycles. The second-order valence-corrected chi connectivity index (χ2v) is 4.31. The molecule has 4 heteroatoms. The van der Waals surface area contributed by atoms with Crippen molar-refractivity contribution in [3.8, 4) is 0 Å². The highest BCUT2D eigenvalue weighted by atomic mass is 16.5. The number of hydrogen-bond acceptors (Lipinski definition) is 3. The summed E-state index contributed by atoms with van der Waals surface area (Å²) in [7, 11) is 0. The van der Waals surface area contributed by atoms with Gasteiger partial charge in [0.1, 0.15) is 0 Å². The fourth-order valence-corrected chi connectivity index (χ4v) is 1.72. The van der Waals surface area contributed by atoms with Gasteiger partial charge in [-0.1, -0.05) is 33.6 Å². The minimum absolute atomic E-state index is 0.0499. The molecule has 0 saturated heterocycles. The average Bonchev–Trinajstić information content (AvgIpc) is 2.33. The number of amides is 1. The van der Waals surface area contributed by atoms with Crippen LogP contribution in [0.2, 0.25) is 0 Å². The lowest BCUT2D eigenvalue weighted by atomic mass is 9.96. The molecule has 0 aliphatic rings. The average molecular weight is 245 g/mol. The summed E-state index contributed by atoms with van der Waals surface area (Å²) in [6.07, 6.45) is 2.77. The third-order valence-electron chi connectivity index (χ3n) is 2.92. The Morgan fingerprint density at radius 2 is 1.88 bits per heavy atom. The lowest BCUT2D eigenvalue weighted by Gasteiger charge is -2.20. The van der Waals surface area contributed by atoms with Gasteiger partial charge in [0.2, 0.25) is 5.91 Å². The van der Waals surface area contributed by atoms with Crippen LogP contribution in [-0.2, 0) is 9.53 Å². The zero-order chi connectivity index (χ0) is 13.1. The molecular weight excluding hydrogens is 218 g/mol. The van der Waals surface area contributed by atoms with Crippen LogP contribution in [0.25, 0.3) is 0 Å². The first-order chi connectivity index (χ1) is 8.15. The predicted molar refractivity (Wildman–Crippen MR) is 68.8 cm³/mol. The quantitative estimate of drug-likeness (QED) is 0.576. The summed E-state index contributed by atoms with van der Waals surface area (Å²) in [5, 5.41) is 12.6. The van der Waals surface area contributed by atoms with Crippen LogP contribution in [-0.4, -0.2) is 36.9 Å². The maximum Gasteiger partial charge on any atom is 0.222 e. The molecule has 0 bridgehead atoms. The van der Waals surface area contributed by atoms with E-state index in [-0.39, 0.29) is 11.8 Å². The summed E-state index contributed by atoms with van der Waals surface area (Å²) in [6.45, 7) is 7.64. The van der Waals surface area contributed by atoms with Crippen molar-refractivity contribution < 1.29 is 14.6 Å². The smallest absolute Gasteiger partial charge is 0.222 e. The van der Waals surface area contributed by atoms with Crippen molar-refractivity contribution in [2.45, 2.75) is 52.6 Å². The molecule has 0 heterocycles. The van der Waals surface area contributed by atoms with E-state index in [0.29, 0.717) is 26.2 Å². The molecule has 4 nitrogen and oxygen atoms in total. The highest BCUT2D eigenvalue weighted by Crippen LogP contribution is 2.12. The molecule has 0 fully saturated rings. The van der Waals surface area contributed by atoms with E-state index < -0.39 is 6.10 Å². The lowest BCUT2D eigenvalue weighted by Crippen LogP contribution is -2.36. The van der Waals surface area contributed by atoms with Crippen LogP contribution < -0.4 is 5.32 Å². The fourth-order valence-electron chi connectivity index (χ4n) is 1.72. The topological polar surface area (TPSA) is 58.6 Å². The molecule has 0 rings (SSSR count). The zero-order valence-corrected chi connectivity index (χ0v) is 11.4. The first-order valence-corrected chi connectivity index (χ1v) is 6.68. The highest BCUT2D eigenvalue weighted by Gasteiger charge is 2.15. The molecule has 0 saturated carbocycles. The standard InChI is InChI=1S/C13H27NO3/c1-4-8-17-9-7-13(16)14-10-12(15)11(5-2)6-3/h11-12,15H,4-10H2,1-3H3,(H,14,16). The molecule has 1 unspecified atom stereocenters. The normalized spacial score (nSPS) is 12.8. The Hall–Kier alpha value is -0.610. The molecule has 1 atom stereocenters. The molecule has 0 aliphatic heterocycles. The van der Waals surface area contributed by atoms with Gasteiger partial charge in [-0.25, -0.2) is 0 Å². The Kier molecular flexibility index (Phi) is 10.2. The van der Waals surface area contributed by atoms with Gasteiger partial charge in [-0.15, -0.1) is 0 Å². The predicted octanol–water partition coefficient (Wildman–Crippen LogP) is 1.72. The van der Waals surface area contributed by atoms with E-state index in [9.17, 15) is 9.90 Å². The van der Waals surface area contributed by atoms with E-state index >= 15 is 0 Å². The molecular formula is C13H27NO3. The van der Waals surface area contributed by atoms with Gasteiger partial charge in [-0.2, -0.15) is 0 Å². The van der Waals surface area contributed by atoms with Gasteiger partial charge in [0.15, 0.2) is 0 Å². The Labute approximate surface area is 105 Å². The summed E-state index contributed by atoms with van der Waals surface area (Å²) in [5.74, 6) is 0.220. The lowest BCUT2D eigenvalue weighted by molar-refractivity contribution is -0.122. The third kappa shape index (κ3) is 8.16. The van der Waals surface area contributed by atoms with Gasteiger partial charge in [-0.3, -0.25) is 4.79 Å². The second-order valence-electron chi connectivity index (χ2n) is 4.31. The Balaban J connectivity index is 3.61. The first kappa shape index (κ1) is 16.4. The maximum atomic E-state index is 11.4. The van der Waals surface area contributed by atoms with Crippen molar-refractivity contribution in [2.24, 2.45) is 5.92 Å². The highest BCUT2D eigenvalue weighted by molar-refractivity contribution is 5.75. The second kappa shape index (κ2) is 10.5. The van der Waals surface area contributed by atoms with E-state index in [1.54, 1.807) is 0 Å². The van der Waals surface area contributed by atoms with Crippen molar-refractivity contribution in [3.05, 3.63) is 0 Å². The van der Waals surface area contributed by atoms with Gasteiger partial charge in [-0.05, 0) is 12.3 Å². The van der Waals surface area contributed by atoms with Crippen LogP contribution >= 0.6 is 0 Å². The number of aliphatic hydroxyl groups excluding tert-OH is 1. The van der Waals surface area contributed by atoms with Crippen LogP contribution in [0.15, 0.2) is 0 Å². The van der Waals surface area contributed by atoms with Gasteiger partial charge in [0.25, 0.3) is 0 Å². The molecule has 0 aromatic carbocycles. The molecule has 0 spiro atoms. The molecule has 0 radical (unpaired) electrons. The molecule has 0 aromatic rings. The van der Waals surface area contributed by atoms with Crippen molar-refractivity contribution in [1.82, 2.24) is 5.32 Å². The molecule has 1 amide bonds. The number of ether oxygens (including phenoxy) is 1. The summed E-state index contributed by atoms with van der Waals surface area (Å²) < 4.78 is 5.23. The number of carbonyl (C=O) groups excluding carboxylic acids is 1. The maximum absolute atomic E-state index is 11.4. The van der Waals surface area contributed by atoms with E-state index in [1.165, 1.54) is 0 Å². The monoisotopic (exact) mass is 245 g/mol. The molecule has 17 heavy (non-hydrogen) atoms. The summed E-state index contributed by atoms with van der Waals surface area (Å²) >= 11 is 0. The van der Waals surface area contributed by atoms with Crippen LogP contribution in [0.1, 0.15) is 46.5 Å². The minimum Gasteiger partial charge on any atom is -0.391 e. The van der Waals surface area contributed by atoms with E-state index in [4.69, 9.17) is 4.74 Å². The SMILES string of the molecule is CCCOCCC(=O)NCC(O)C(CC)CC. The number of nitrogens with one attached hydrogen (secondary N) is 1. The molecule has 2 N–H and O–H groups in total. The summed E-state index contributed by atoms with van der Waals surface area (Å²) in [6, 6.07) is 0. The third-order valence-corrected chi connectivity index (χ3v) is 2.92. The summed E-state index contributed by atoms with van der Waals surface area (Å²) in [5.41, 5.74) is 0. The summed E-state index contributed by atoms with van der Waals surface area (Å²) in [4.78, 5) is 11.4. The van der Waals surface area contributed by atoms with Crippen molar-refractivity contribution in [2.75, 3.05) is 19.8 Å². The molecule has 102 valence electrons. The first-order valence-electron chi connectivity index (χ1n) is 6.68. The van der Waals surface area contributed by atoms with Crippen LogP contribution in [0.3, 0.4) is 0 Å². The van der Waals surface area contributed by atoms with Crippen LogP contribution in [0.5, 0.6) is 0 Å². The fraction of sp³-hybridized carbons (Fsp3) is 0.923. The number of carbonyl (C=O) groups is 1. The van der Waals surface area contributed by atoms with Gasteiger partial charge < -0.3 is 15.2 Å². The van der Waals surface area contributed by atoms with Crippen molar-refractivity contribution >= 4 is 5.91 Å². The number of aliphatic hydroxyl groups is 1. The largest absolute Gasteiger partial charge is 0.391 e. The minimum atomic E-state index is -0.439. The Bertz CT molecular complexity index is 193. The number of hydrogen-bond donors (Lipinski definition) is 2. The Morgan fingerprint density at radius 1 is 1.24 bits per heavy atom. The van der Waals surface area contributed by atoms with Crippen LogP contribution in [0.4, 0.5) is 0 Å². The molecule has 0 aromatic heterocycles.